The summed E-state index contributed by atoms with van der Waals surface area (Å²) in [6, 6.07) is -0.906. The van der Waals surface area contributed by atoms with Crippen molar-refractivity contribution in [3.05, 3.63) is 0 Å². The molecule has 0 aliphatic carbocycles. The standard InChI is InChI=1S/C9H19NO4S/c1-9(2,7(10)8(11)12)15-5-6(13-3)14-4/h6-7H,5,10H2,1-4H3,(H,11,12)/t7-/m0/s1. The zero-order valence-electron chi connectivity index (χ0n) is 9.52. The van der Waals surface area contributed by atoms with Crippen LogP contribution >= 0.6 is 11.8 Å². The summed E-state index contributed by atoms with van der Waals surface area (Å²) in [5.74, 6) is -0.458. The van der Waals surface area contributed by atoms with E-state index in [0.29, 0.717) is 5.75 Å². The molecule has 0 aromatic rings. The summed E-state index contributed by atoms with van der Waals surface area (Å²) < 4.78 is 9.45. The van der Waals surface area contributed by atoms with Crippen LogP contribution in [0.5, 0.6) is 0 Å². The van der Waals surface area contributed by atoms with E-state index in [1.807, 2.05) is 0 Å². The lowest BCUT2D eigenvalue weighted by Crippen LogP contribution is -2.47. The molecule has 15 heavy (non-hydrogen) atoms. The van der Waals surface area contributed by atoms with Crippen LogP contribution < -0.4 is 5.73 Å². The van der Waals surface area contributed by atoms with Crippen molar-refractivity contribution in [1.29, 1.82) is 0 Å². The molecule has 5 nitrogen and oxygen atoms in total. The first kappa shape index (κ1) is 14.7. The van der Waals surface area contributed by atoms with E-state index in [0.717, 1.165) is 0 Å². The van der Waals surface area contributed by atoms with Gasteiger partial charge in [-0.2, -0.15) is 0 Å². The maximum atomic E-state index is 10.7. The quantitative estimate of drug-likeness (QED) is 0.629. The van der Waals surface area contributed by atoms with Crippen molar-refractivity contribution in [2.24, 2.45) is 5.73 Å². The Labute approximate surface area is 94.3 Å². The van der Waals surface area contributed by atoms with Gasteiger partial charge in [0.25, 0.3) is 0 Å². The van der Waals surface area contributed by atoms with E-state index in [-0.39, 0.29) is 6.29 Å². The number of hydrogen-bond donors (Lipinski definition) is 2. The van der Waals surface area contributed by atoms with Gasteiger partial charge in [-0.15, -0.1) is 11.8 Å². The molecule has 0 aromatic heterocycles. The molecule has 0 aliphatic heterocycles. The molecule has 1 atom stereocenters. The zero-order valence-corrected chi connectivity index (χ0v) is 10.3. The molecule has 0 spiro atoms. The number of aliphatic carboxylic acids is 1. The van der Waals surface area contributed by atoms with Crippen molar-refractivity contribution in [2.75, 3.05) is 20.0 Å². The largest absolute Gasteiger partial charge is 0.480 e. The average molecular weight is 237 g/mol. The second-order valence-electron chi connectivity index (χ2n) is 3.63. The number of carboxylic acid groups (broad SMARTS) is 1. The van der Waals surface area contributed by atoms with Crippen LogP contribution in [0.1, 0.15) is 13.8 Å². The Morgan fingerprint density at radius 3 is 2.27 bits per heavy atom. The summed E-state index contributed by atoms with van der Waals surface area (Å²) >= 11 is 1.42. The lowest BCUT2D eigenvalue weighted by atomic mass is 10.1. The molecule has 0 saturated heterocycles. The number of hydrogen-bond acceptors (Lipinski definition) is 5. The third kappa shape index (κ3) is 4.83. The smallest absolute Gasteiger partial charge is 0.321 e. The van der Waals surface area contributed by atoms with Crippen LogP contribution in [0.25, 0.3) is 0 Å². The topological polar surface area (TPSA) is 81.8 Å². The molecule has 0 rings (SSSR count). The summed E-state index contributed by atoms with van der Waals surface area (Å²) in [6.07, 6.45) is -0.338. The van der Waals surface area contributed by atoms with Crippen molar-refractivity contribution in [3.63, 3.8) is 0 Å². The number of methoxy groups -OCH3 is 2. The molecule has 0 unspecified atom stereocenters. The number of carbonyl (C=O) groups is 1. The molecule has 0 bridgehead atoms. The van der Waals surface area contributed by atoms with E-state index >= 15 is 0 Å². The normalized spacial score (nSPS) is 14.3. The van der Waals surface area contributed by atoms with Gasteiger partial charge in [-0.25, -0.2) is 0 Å². The third-order valence-corrected chi connectivity index (χ3v) is 3.57. The minimum Gasteiger partial charge on any atom is -0.480 e. The van der Waals surface area contributed by atoms with Gasteiger partial charge in [0.2, 0.25) is 0 Å². The first-order valence-electron chi connectivity index (χ1n) is 4.53. The molecule has 0 radical (unpaired) electrons. The molecule has 3 N–H and O–H groups in total. The summed E-state index contributed by atoms with van der Waals surface area (Å²) in [7, 11) is 3.08. The highest BCUT2D eigenvalue weighted by Crippen LogP contribution is 2.28. The number of rotatable bonds is 7. The Bertz CT molecular complexity index is 206. The Morgan fingerprint density at radius 2 is 1.93 bits per heavy atom. The van der Waals surface area contributed by atoms with Crippen LogP contribution in [-0.2, 0) is 14.3 Å². The Morgan fingerprint density at radius 1 is 1.47 bits per heavy atom. The van der Waals surface area contributed by atoms with Gasteiger partial charge in [0, 0.05) is 24.7 Å². The summed E-state index contributed by atoms with van der Waals surface area (Å²) in [6.45, 7) is 3.58. The number of carboxylic acids is 1. The molecular formula is C9H19NO4S. The second kappa shape index (κ2) is 6.32. The highest BCUT2D eigenvalue weighted by atomic mass is 32.2. The van der Waals surface area contributed by atoms with Gasteiger partial charge in [-0.1, -0.05) is 0 Å². The summed E-state index contributed by atoms with van der Waals surface area (Å²) in [4.78, 5) is 10.7. The Kier molecular flexibility index (Phi) is 6.19. The molecule has 0 heterocycles. The van der Waals surface area contributed by atoms with Crippen molar-refractivity contribution in [2.45, 2.75) is 30.9 Å². The van der Waals surface area contributed by atoms with Crippen LogP contribution in [0.15, 0.2) is 0 Å². The van der Waals surface area contributed by atoms with Crippen molar-refractivity contribution in [3.8, 4) is 0 Å². The van der Waals surface area contributed by atoms with Crippen LogP contribution in [0.3, 0.4) is 0 Å². The SMILES string of the molecule is COC(CSC(C)(C)[C@@H](N)C(=O)O)OC. The van der Waals surface area contributed by atoms with Gasteiger partial charge in [0.05, 0.1) is 0 Å². The monoisotopic (exact) mass is 237 g/mol. The first-order valence-corrected chi connectivity index (χ1v) is 5.51. The van der Waals surface area contributed by atoms with Crippen molar-refractivity contribution in [1.82, 2.24) is 0 Å². The van der Waals surface area contributed by atoms with Crippen LogP contribution in [0.4, 0.5) is 0 Å². The Balaban J connectivity index is 4.19. The lowest BCUT2D eigenvalue weighted by molar-refractivity contribution is -0.139. The van der Waals surface area contributed by atoms with Gasteiger partial charge in [0.1, 0.15) is 6.04 Å². The van der Waals surface area contributed by atoms with Crippen molar-refractivity contribution < 1.29 is 19.4 Å². The van der Waals surface area contributed by atoms with Gasteiger partial charge < -0.3 is 20.3 Å². The molecule has 0 aromatic carbocycles. The Hall–Kier alpha value is -0.300. The van der Waals surface area contributed by atoms with Crippen LogP contribution in [-0.4, -0.2) is 48.1 Å². The fraction of sp³-hybridized carbons (Fsp3) is 0.889. The first-order chi connectivity index (χ1) is 6.85. The fourth-order valence-corrected chi connectivity index (χ4v) is 2.02. The summed E-state index contributed by atoms with van der Waals surface area (Å²) in [5.41, 5.74) is 5.56. The number of thioether (sulfide) groups is 1. The van der Waals surface area contributed by atoms with Crippen molar-refractivity contribution >= 4 is 17.7 Å². The molecule has 6 heteroatoms. The molecule has 0 aliphatic rings. The van der Waals surface area contributed by atoms with E-state index in [1.165, 1.54) is 11.8 Å². The van der Waals surface area contributed by atoms with E-state index < -0.39 is 16.8 Å². The number of nitrogens with two attached hydrogens (primary N) is 1. The van der Waals surface area contributed by atoms with Gasteiger partial charge >= 0.3 is 5.97 Å². The number of ether oxygens (including phenoxy) is 2. The molecule has 0 saturated carbocycles. The highest BCUT2D eigenvalue weighted by Gasteiger charge is 2.33. The summed E-state index contributed by atoms with van der Waals surface area (Å²) in [5, 5.41) is 8.80. The maximum Gasteiger partial charge on any atom is 0.321 e. The molecule has 0 amide bonds. The lowest BCUT2D eigenvalue weighted by Gasteiger charge is -2.29. The third-order valence-electron chi connectivity index (χ3n) is 2.13. The second-order valence-corrected chi connectivity index (χ2v) is 5.31. The average Bonchev–Trinajstić information content (AvgIpc) is 2.18. The predicted octanol–water partition coefficient (Wildman–Crippen LogP) is 0.529. The predicted molar refractivity (Wildman–Crippen MR) is 60.0 cm³/mol. The highest BCUT2D eigenvalue weighted by molar-refractivity contribution is 8.00. The van der Waals surface area contributed by atoms with E-state index in [2.05, 4.69) is 0 Å². The van der Waals surface area contributed by atoms with Crippen LogP contribution in [0, 0.1) is 0 Å². The van der Waals surface area contributed by atoms with Gasteiger partial charge in [-0.3, -0.25) is 4.79 Å². The minimum absolute atomic E-state index is 0.338. The van der Waals surface area contributed by atoms with E-state index in [9.17, 15) is 4.79 Å². The van der Waals surface area contributed by atoms with Crippen LogP contribution in [0.2, 0.25) is 0 Å². The van der Waals surface area contributed by atoms with Gasteiger partial charge in [0.15, 0.2) is 6.29 Å². The van der Waals surface area contributed by atoms with Gasteiger partial charge in [-0.05, 0) is 13.8 Å². The minimum atomic E-state index is -1.00. The molecule has 90 valence electrons. The van der Waals surface area contributed by atoms with E-state index in [1.54, 1.807) is 28.1 Å². The molecule has 0 fully saturated rings. The maximum absolute atomic E-state index is 10.7. The zero-order chi connectivity index (χ0) is 12.1. The molecular weight excluding hydrogens is 218 g/mol. The fourth-order valence-electron chi connectivity index (χ4n) is 0.902. The van der Waals surface area contributed by atoms with E-state index in [4.69, 9.17) is 20.3 Å².